The molecule has 0 saturated heterocycles. The van der Waals surface area contributed by atoms with Crippen molar-refractivity contribution in [2.75, 3.05) is 5.75 Å². The minimum absolute atomic E-state index is 0.217. The summed E-state index contributed by atoms with van der Waals surface area (Å²) in [7, 11) is -3.03. The lowest BCUT2D eigenvalue weighted by molar-refractivity contribution is -0.121. The predicted octanol–water partition coefficient (Wildman–Crippen LogP) is 2.35. The Kier molecular flexibility index (Phi) is 4.16. The average molecular weight is 246 g/mol. The summed E-state index contributed by atoms with van der Waals surface area (Å²) in [6, 6.07) is 0. The number of carbonyl (C=O) groups is 1. The van der Waals surface area contributed by atoms with Gasteiger partial charge in [-0.2, -0.15) is 0 Å². The third-order valence-electron chi connectivity index (χ3n) is 3.31. The van der Waals surface area contributed by atoms with Gasteiger partial charge >= 0.3 is 0 Å². The summed E-state index contributed by atoms with van der Waals surface area (Å²) >= 11 is 0. The molecule has 0 aromatic heterocycles. The first kappa shape index (κ1) is 13.7. The van der Waals surface area contributed by atoms with Gasteiger partial charge in [0.15, 0.2) is 9.84 Å². The van der Waals surface area contributed by atoms with Gasteiger partial charge in [0.1, 0.15) is 5.78 Å². The van der Waals surface area contributed by atoms with Crippen LogP contribution in [0.1, 0.15) is 52.9 Å². The average Bonchev–Trinajstić information content (AvgIpc) is 2.13. The van der Waals surface area contributed by atoms with Gasteiger partial charge in [-0.25, -0.2) is 8.42 Å². The summed E-state index contributed by atoms with van der Waals surface area (Å²) in [6.45, 7) is 5.19. The SMILES string of the molecule is CC(C)(C)S(=O)(=O)CCC1CCCC(=O)C1. The highest BCUT2D eigenvalue weighted by molar-refractivity contribution is 7.92. The van der Waals surface area contributed by atoms with Crippen molar-refractivity contribution >= 4 is 15.6 Å². The highest BCUT2D eigenvalue weighted by atomic mass is 32.2. The van der Waals surface area contributed by atoms with E-state index in [2.05, 4.69) is 0 Å². The van der Waals surface area contributed by atoms with Crippen LogP contribution in [0.2, 0.25) is 0 Å². The smallest absolute Gasteiger partial charge is 0.155 e. The number of hydrogen-bond acceptors (Lipinski definition) is 3. The van der Waals surface area contributed by atoms with Gasteiger partial charge in [-0.3, -0.25) is 4.79 Å². The van der Waals surface area contributed by atoms with E-state index >= 15 is 0 Å². The van der Waals surface area contributed by atoms with Crippen molar-refractivity contribution in [2.45, 2.75) is 57.6 Å². The van der Waals surface area contributed by atoms with Crippen LogP contribution in [0.25, 0.3) is 0 Å². The molecule has 94 valence electrons. The van der Waals surface area contributed by atoms with Crippen molar-refractivity contribution in [3.63, 3.8) is 0 Å². The molecular weight excluding hydrogens is 224 g/mol. The zero-order valence-electron chi connectivity index (χ0n) is 10.5. The maximum Gasteiger partial charge on any atom is 0.155 e. The molecular formula is C12H22O3S. The molecule has 0 spiro atoms. The van der Waals surface area contributed by atoms with Crippen LogP contribution in [-0.4, -0.2) is 24.7 Å². The van der Waals surface area contributed by atoms with Crippen molar-refractivity contribution in [1.29, 1.82) is 0 Å². The second-order valence-electron chi connectivity index (χ2n) is 5.72. The molecule has 1 saturated carbocycles. The lowest BCUT2D eigenvalue weighted by atomic mass is 9.87. The maximum atomic E-state index is 11.9. The maximum absolute atomic E-state index is 11.9. The summed E-state index contributed by atoms with van der Waals surface area (Å²) in [5, 5.41) is 0. The van der Waals surface area contributed by atoms with E-state index in [0.29, 0.717) is 31.0 Å². The van der Waals surface area contributed by atoms with E-state index in [1.54, 1.807) is 20.8 Å². The summed E-state index contributed by atoms with van der Waals surface area (Å²) in [5.41, 5.74) is 0. The Morgan fingerprint density at radius 1 is 1.31 bits per heavy atom. The van der Waals surface area contributed by atoms with Crippen LogP contribution in [0.4, 0.5) is 0 Å². The van der Waals surface area contributed by atoms with Crippen molar-refractivity contribution in [2.24, 2.45) is 5.92 Å². The molecule has 0 heterocycles. The molecule has 0 radical (unpaired) electrons. The van der Waals surface area contributed by atoms with Crippen LogP contribution in [-0.2, 0) is 14.6 Å². The molecule has 0 aliphatic heterocycles. The topological polar surface area (TPSA) is 51.2 Å². The first-order chi connectivity index (χ1) is 7.22. The molecule has 1 atom stereocenters. The minimum atomic E-state index is -3.03. The highest BCUT2D eigenvalue weighted by Gasteiger charge is 2.30. The highest BCUT2D eigenvalue weighted by Crippen LogP contribution is 2.26. The van der Waals surface area contributed by atoms with E-state index in [1.807, 2.05) is 0 Å². The number of sulfone groups is 1. The molecule has 3 nitrogen and oxygen atoms in total. The number of Topliss-reactive ketones (excluding diaryl/α,β-unsaturated/α-hetero) is 1. The fraction of sp³-hybridized carbons (Fsp3) is 0.917. The molecule has 0 N–H and O–H groups in total. The van der Waals surface area contributed by atoms with Crippen molar-refractivity contribution in [1.82, 2.24) is 0 Å². The molecule has 0 aromatic carbocycles. The summed E-state index contributed by atoms with van der Waals surface area (Å²) in [5.74, 6) is 0.803. The van der Waals surface area contributed by atoms with Crippen LogP contribution >= 0.6 is 0 Å². The van der Waals surface area contributed by atoms with Gasteiger partial charge in [0.2, 0.25) is 0 Å². The number of rotatable bonds is 3. The summed E-state index contributed by atoms with van der Waals surface area (Å²) < 4.78 is 23.1. The van der Waals surface area contributed by atoms with Crippen LogP contribution in [0, 0.1) is 5.92 Å². The molecule has 16 heavy (non-hydrogen) atoms. The van der Waals surface area contributed by atoms with Gasteiger partial charge in [0.25, 0.3) is 0 Å². The molecule has 1 aliphatic carbocycles. The first-order valence-electron chi connectivity index (χ1n) is 5.96. The number of ketones is 1. The van der Waals surface area contributed by atoms with Crippen molar-refractivity contribution in [3.8, 4) is 0 Å². The fourth-order valence-corrected chi connectivity index (χ4v) is 3.24. The lowest BCUT2D eigenvalue weighted by Crippen LogP contribution is -2.31. The second-order valence-corrected chi connectivity index (χ2v) is 8.58. The van der Waals surface area contributed by atoms with E-state index in [4.69, 9.17) is 0 Å². The second kappa shape index (κ2) is 4.86. The van der Waals surface area contributed by atoms with Crippen molar-refractivity contribution in [3.05, 3.63) is 0 Å². The Hall–Kier alpha value is -0.380. The fourth-order valence-electron chi connectivity index (χ4n) is 1.99. The Morgan fingerprint density at radius 3 is 2.44 bits per heavy atom. The number of hydrogen-bond donors (Lipinski definition) is 0. The van der Waals surface area contributed by atoms with Crippen LogP contribution in [0.5, 0.6) is 0 Å². The largest absolute Gasteiger partial charge is 0.300 e. The van der Waals surface area contributed by atoms with Gasteiger partial charge in [-0.1, -0.05) is 0 Å². The molecule has 1 fully saturated rings. The van der Waals surface area contributed by atoms with E-state index in [0.717, 1.165) is 12.8 Å². The van der Waals surface area contributed by atoms with Crippen molar-refractivity contribution < 1.29 is 13.2 Å². The minimum Gasteiger partial charge on any atom is -0.300 e. The number of carbonyl (C=O) groups excluding carboxylic acids is 1. The molecule has 4 heteroatoms. The monoisotopic (exact) mass is 246 g/mol. The van der Waals surface area contributed by atoms with Crippen LogP contribution in [0.15, 0.2) is 0 Å². The predicted molar refractivity (Wildman–Crippen MR) is 65.1 cm³/mol. The molecule has 0 aromatic rings. The zero-order valence-corrected chi connectivity index (χ0v) is 11.3. The van der Waals surface area contributed by atoms with Crippen LogP contribution in [0.3, 0.4) is 0 Å². The Balaban J connectivity index is 2.49. The van der Waals surface area contributed by atoms with Gasteiger partial charge in [0, 0.05) is 12.8 Å². The lowest BCUT2D eigenvalue weighted by Gasteiger charge is -2.23. The molecule has 1 rings (SSSR count). The van der Waals surface area contributed by atoms with Gasteiger partial charge < -0.3 is 0 Å². The molecule has 1 unspecified atom stereocenters. The van der Waals surface area contributed by atoms with E-state index in [9.17, 15) is 13.2 Å². The van der Waals surface area contributed by atoms with Crippen LogP contribution < -0.4 is 0 Å². The Morgan fingerprint density at radius 2 is 1.94 bits per heavy atom. The van der Waals surface area contributed by atoms with Gasteiger partial charge in [-0.05, 0) is 46.0 Å². The molecule has 1 aliphatic rings. The summed E-state index contributed by atoms with van der Waals surface area (Å²) in [4.78, 5) is 11.2. The van der Waals surface area contributed by atoms with E-state index < -0.39 is 14.6 Å². The Bertz CT molecular complexity index is 349. The van der Waals surface area contributed by atoms with E-state index in [1.165, 1.54) is 0 Å². The third kappa shape index (κ3) is 3.58. The quantitative estimate of drug-likeness (QED) is 0.768. The molecule has 0 bridgehead atoms. The Labute approximate surface area is 98.5 Å². The van der Waals surface area contributed by atoms with Gasteiger partial charge in [0.05, 0.1) is 10.5 Å². The third-order valence-corrected chi connectivity index (χ3v) is 5.95. The molecule has 0 amide bonds. The summed E-state index contributed by atoms with van der Waals surface area (Å²) in [6.07, 6.45) is 3.85. The van der Waals surface area contributed by atoms with E-state index in [-0.39, 0.29) is 5.75 Å². The van der Waals surface area contributed by atoms with Gasteiger partial charge in [-0.15, -0.1) is 0 Å². The first-order valence-corrected chi connectivity index (χ1v) is 7.61. The standard InChI is InChI=1S/C12H22O3S/c1-12(2,3)16(14,15)8-7-10-5-4-6-11(13)9-10/h10H,4-9H2,1-3H3. The zero-order chi connectivity index (χ0) is 12.4. The normalized spacial score (nSPS) is 23.4.